The van der Waals surface area contributed by atoms with Gasteiger partial charge in [0.15, 0.2) is 5.75 Å². The fourth-order valence-corrected chi connectivity index (χ4v) is 2.56. The Kier molecular flexibility index (Phi) is 3.43. The molecule has 1 aromatic rings. The van der Waals surface area contributed by atoms with Crippen LogP contribution in [-0.2, 0) is 0 Å². The molecule has 0 spiro atoms. The van der Waals surface area contributed by atoms with Crippen molar-refractivity contribution in [1.82, 2.24) is 4.90 Å². The van der Waals surface area contributed by atoms with E-state index in [-0.39, 0.29) is 22.8 Å². The molecule has 1 unspecified atom stereocenters. The van der Waals surface area contributed by atoms with Crippen LogP contribution in [0.1, 0.15) is 37.6 Å². The SMILES string of the molecule is CC(C)(C)C1CCN(C(=O)c2cccc(N)c2O)C1. The highest BCUT2D eigenvalue weighted by Gasteiger charge is 2.34. The number of rotatable bonds is 1. The van der Waals surface area contributed by atoms with Gasteiger partial charge in [0.2, 0.25) is 0 Å². The summed E-state index contributed by atoms with van der Waals surface area (Å²) in [6, 6.07) is 4.91. The number of carbonyl (C=O) groups is 1. The van der Waals surface area contributed by atoms with Crippen LogP contribution in [0.2, 0.25) is 0 Å². The average Bonchev–Trinajstić information content (AvgIpc) is 2.81. The van der Waals surface area contributed by atoms with Crippen LogP contribution in [0.15, 0.2) is 18.2 Å². The highest BCUT2D eigenvalue weighted by atomic mass is 16.3. The monoisotopic (exact) mass is 262 g/mol. The molecule has 1 aliphatic rings. The number of phenols is 1. The standard InChI is InChI=1S/C15H22N2O2/c1-15(2,3)10-7-8-17(9-10)14(19)11-5-4-6-12(16)13(11)18/h4-6,10,18H,7-9,16H2,1-3H3. The van der Waals surface area contributed by atoms with Crippen LogP contribution in [0.4, 0.5) is 5.69 Å². The van der Waals surface area contributed by atoms with Gasteiger partial charge in [-0.2, -0.15) is 0 Å². The van der Waals surface area contributed by atoms with Gasteiger partial charge in [0.05, 0.1) is 11.3 Å². The molecule has 0 aromatic heterocycles. The van der Waals surface area contributed by atoms with Gasteiger partial charge in [0.25, 0.3) is 5.91 Å². The predicted molar refractivity (Wildman–Crippen MR) is 76.0 cm³/mol. The molecule has 0 saturated carbocycles. The second-order valence-electron chi connectivity index (χ2n) is 6.35. The van der Waals surface area contributed by atoms with Gasteiger partial charge >= 0.3 is 0 Å². The quantitative estimate of drug-likeness (QED) is 0.603. The van der Waals surface area contributed by atoms with Crippen LogP contribution in [0, 0.1) is 11.3 Å². The molecule has 3 N–H and O–H groups in total. The van der Waals surface area contributed by atoms with Crippen molar-refractivity contribution in [2.45, 2.75) is 27.2 Å². The van der Waals surface area contributed by atoms with Crippen molar-refractivity contribution in [3.8, 4) is 5.75 Å². The van der Waals surface area contributed by atoms with Crippen molar-refractivity contribution in [3.05, 3.63) is 23.8 Å². The van der Waals surface area contributed by atoms with Crippen LogP contribution in [0.5, 0.6) is 5.75 Å². The Morgan fingerprint density at radius 1 is 1.42 bits per heavy atom. The number of aromatic hydroxyl groups is 1. The van der Waals surface area contributed by atoms with Crippen LogP contribution >= 0.6 is 0 Å². The number of anilines is 1. The molecule has 0 radical (unpaired) electrons. The van der Waals surface area contributed by atoms with Gasteiger partial charge in [0, 0.05) is 13.1 Å². The lowest BCUT2D eigenvalue weighted by molar-refractivity contribution is 0.0773. The number of nitrogens with zero attached hydrogens (tertiary/aromatic N) is 1. The summed E-state index contributed by atoms with van der Waals surface area (Å²) in [4.78, 5) is 14.2. The molecule has 1 atom stereocenters. The molecule has 4 nitrogen and oxygen atoms in total. The van der Waals surface area contributed by atoms with E-state index in [1.165, 1.54) is 0 Å². The normalized spacial score (nSPS) is 19.7. The topological polar surface area (TPSA) is 66.6 Å². The first-order valence-electron chi connectivity index (χ1n) is 6.67. The Morgan fingerprint density at radius 3 is 2.68 bits per heavy atom. The molecule has 2 rings (SSSR count). The average molecular weight is 262 g/mol. The number of nitrogens with two attached hydrogens (primary N) is 1. The minimum atomic E-state index is -0.128. The maximum absolute atomic E-state index is 12.4. The zero-order valence-electron chi connectivity index (χ0n) is 11.8. The van der Waals surface area contributed by atoms with Gasteiger partial charge in [-0.15, -0.1) is 0 Å². The summed E-state index contributed by atoms with van der Waals surface area (Å²) < 4.78 is 0. The third-order valence-electron chi connectivity index (χ3n) is 4.00. The van der Waals surface area contributed by atoms with E-state index in [0.29, 0.717) is 11.5 Å². The van der Waals surface area contributed by atoms with Crippen molar-refractivity contribution in [2.24, 2.45) is 11.3 Å². The van der Waals surface area contributed by atoms with E-state index in [1.807, 2.05) is 4.90 Å². The Hall–Kier alpha value is -1.71. The molecule has 0 aliphatic carbocycles. The Bertz CT molecular complexity index is 491. The molecule has 0 bridgehead atoms. The highest BCUT2D eigenvalue weighted by Crippen LogP contribution is 2.35. The number of para-hydroxylation sites is 1. The summed E-state index contributed by atoms with van der Waals surface area (Å²) in [5.41, 5.74) is 6.38. The number of amides is 1. The maximum Gasteiger partial charge on any atom is 0.257 e. The third kappa shape index (κ3) is 2.67. The zero-order chi connectivity index (χ0) is 14.2. The van der Waals surface area contributed by atoms with Gasteiger partial charge in [-0.3, -0.25) is 4.79 Å². The number of carbonyl (C=O) groups excluding carboxylic acids is 1. The number of likely N-dealkylation sites (tertiary alicyclic amines) is 1. The van der Waals surface area contributed by atoms with Crippen LogP contribution < -0.4 is 5.73 Å². The predicted octanol–water partition coefficient (Wildman–Crippen LogP) is 2.48. The second-order valence-corrected chi connectivity index (χ2v) is 6.35. The van der Waals surface area contributed by atoms with Gasteiger partial charge < -0.3 is 15.7 Å². The van der Waals surface area contributed by atoms with Crippen molar-refractivity contribution in [3.63, 3.8) is 0 Å². The van der Waals surface area contributed by atoms with Crippen molar-refractivity contribution in [2.75, 3.05) is 18.8 Å². The van der Waals surface area contributed by atoms with E-state index in [4.69, 9.17) is 5.73 Å². The van der Waals surface area contributed by atoms with E-state index >= 15 is 0 Å². The van der Waals surface area contributed by atoms with Crippen molar-refractivity contribution >= 4 is 11.6 Å². The molecule has 4 heteroatoms. The summed E-state index contributed by atoms with van der Waals surface area (Å²) in [5.74, 6) is 0.267. The lowest BCUT2D eigenvalue weighted by Crippen LogP contribution is -2.31. The fraction of sp³-hybridized carbons (Fsp3) is 0.533. The smallest absolute Gasteiger partial charge is 0.257 e. The number of hydrogen-bond donors (Lipinski definition) is 2. The molecular weight excluding hydrogens is 240 g/mol. The number of phenolic OH excluding ortho intramolecular Hbond substituents is 1. The summed E-state index contributed by atoms with van der Waals surface area (Å²) >= 11 is 0. The van der Waals surface area contributed by atoms with Gasteiger partial charge in [-0.05, 0) is 29.9 Å². The highest BCUT2D eigenvalue weighted by molar-refractivity contribution is 5.98. The summed E-state index contributed by atoms with van der Waals surface area (Å²) in [6.45, 7) is 8.09. The maximum atomic E-state index is 12.4. The van der Waals surface area contributed by atoms with E-state index < -0.39 is 0 Å². The third-order valence-corrected chi connectivity index (χ3v) is 4.00. The van der Waals surface area contributed by atoms with E-state index in [9.17, 15) is 9.90 Å². The molecule has 104 valence electrons. The van der Waals surface area contributed by atoms with Crippen molar-refractivity contribution < 1.29 is 9.90 Å². The van der Waals surface area contributed by atoms with Gasteiger partial charge in [0.1, 0.15) is 0 Å². The summed E-state index contributed by atoms with van der Waals surface area (Å²) in [6.07, 6.45) is 1.01. The van der Waals surface area contributed by atoms with Crippen LogP contribution in [0.25, 0.3) is 0 Å². The van der Waals surface area contributed by atoms with E-state index in [1.54, 1.807) is 18.2 Å². The lowest BCUT2D eigenvalue weighted by atomic mass is 9.80. The van der Waals surface area contributed by atoms with Gasteiger partial charge in [-0.25, -0.2) is 0 Å². The molecule has 1 fully saturated rings. The fourth-order valence-electron chi connectivity index (χ4n) is 2.56. The Morgan fingerprint density at radius 2 is 2.11 bits per heavy atom. The number of nitrogen functional groups attached to an aromatic ring is 1. The molecule has 1 saturated heterocycles. The van der Waals surface area contributed by atoms with E-state index in [0.717, 1.165) is 19.5 Å². The van der Waals surface area contributed by atoms with E-state index in [2.05, 4.69) is 20.8 Å². The molecule has 1 amide bonds. The largest absolute Gasteiger partial charge is 0.505 e. The minimum absolute atomic E-state index is 0.105. The lowest BCUT2D eigenvalue weighted by Gasteiger charge is -2.27. The van der Waals surface area contributed by atoms with Crippen molar-refractivity contribution in [1.29, 1.82) is 0 Å². The molecular formula is C15H22N2O2. The first-order chi connectivity index (χ1) is 8.80. The van der Waals surface area contributed by atoms with Gasteiger partial charge in [-0.1, -0.05) is 26.8 Å². The number of benzene rings is 1. The van der Waals surface area contributed by atoms with Crippen LogP contribution in [0.3, 0.4) is 0 Å². The molecule has 19 heavy (non-hydrogen) atoms. The molecule has 1 heterocycles. The zero-order valence-corrected chi connectivity index (χ0v) is 11.8. The molecule has 1 aliphatic heterocycles. The first kappa shape index (κ1) is 13.7. The Balaban J connectivity index is 2.16. The summed E-state index contributed by atoms with van der Waals surface area (Å²) in [7, 11) is 0. The van der Waals surface area contributed by atoms with Crippen LogP contribution in [-0.4, -0.2) is 29.0 Å². The minimum Gasteiger partial charge on any atom is -0.505 e. The summed E-state index contributed by atoms with van der Waals surface area (Å²) in [5, 5.41) is 9.88. The second kappa shape index (κ2) is 4.76. The Labute approximate surface area is 114 Å². The molecule has 1 aromatic carbocycles. The number of hydrogen-bond acceptors (Lipinski definition) is 3. The first-order valence-corrected chi connectivity index (χ1v) is 6.67.